The molecule has 0 aliphatic carbocycles. The van der Waals surface area contributed by atoms with Crippen LogP contribution in [0.3, 0.4) is 0 Å². The maximum Gasteiger partial charge on any atom is 0.338 e. The van der Waals surface area contributed by atoms with Crippen molar-refractivity contribution in [1.29, 1.82) is 0 Å². The molecular weight excluding hydrogens is 388 g/mol. The van der Waals surface area contributed by atoms with Gasteiger partial charge in [-0.25, -0.2) is 4.79 Å². The van der Waals surface area contributed by atoms with Gasteiger partial charge in [0.1, 0.15) is 12.3 Å². The van der Waals surface area contributed by atoms with E-state index in [-0.39, 0.29) is 24.5 Å². The maximum atomic E-state index is 12.1. The fourth-order valence-corrected chi connectivity index (χ4v) is 3.22. The second kappa shape index (κ2) is 10.0. The third kappa shape index (κ3) is 5.46. The standard InChI is InChI=1S/C21H26N4O5/c1-23-8-10-24(11-9-23)18-5-3-4-17(15-18)22-19-7-6-16(14-20(19)25(27)28)21(26)30-13-12-29-2/h3-7,14-15,22H,8-13H2,1-2H3. The van der Waals surface area contributed by atoms with Crippen molar-refractivity contribution in [2.45, 2.75) is 0 Å². The molecule has 0 unspecified atom stereocenters. The van der Waals surface area contributed by atoms with E-state index in [4.69, 9.17) is 9.47 Å². The van der Waals surface area contributed by atoms with Gasteiger partial charge in [0, 0.05) is 50.7 Å². The van der Waals surface area contributed by atoms with Gasteiger partial charge in [0.25, 0.3) is 5.69 Å². The molecule has 2 aromatic rings. The summed E-state index contributed by atoms with van der Waals surface area (Å²) in [6.45, 7) is 4.19. The number of benzene rings is 2. The van der Waals surface area contributed by atoms with Crippen LogP contribution in [-0.2, 0) is 9.47 Å². The number of nitro groups is 1. The van der Waals surface area contributed by atoms with E-state index in [1.54, 1.807) is 0 Å². The van der Waals surface area contributed by atoms with Crippen molar-refractivity contribution in [3.8, 4) is 0 Å². The van der Waals surface area contributed by atoms with Gasteiger partial charge in [0.15, 0.2) is 0 Å². The molecule has 1 aliphatic rings. The first kappa shape index (κ1) is 21.5. The SMILES string of the molecule is COCCOC(=O)c1ccc(Nc2cccc(N3CCN(C)CC3)c2)c([N+](=O)[O-])c1. The van der Waals surface area contributed by atoms with Gasteiger partial charge in [-0.1, -0.05) is 6.07 Å². The summed E-state index contributed by atoms with van der Waals surface area (Å²) in [6, 6.07) is 12.0. The Hall–Kier alpha value is -3.17. The van der Waals surface area contributed by atoms with Crippen LogP contribution in [0.15, 0.2) is 42.5 Å². The van der Waals surface area contributed by atoms with E-state index in [1.165, 1.54) is 25.3 Å². The normalized spacial score (nSPS) is 14.4. The highest BCUT2D eigenvalue weighted by Crippen LogP contribution is 2.30. The Kier molecular flexibility index (Phi) is 7.21. The number of carbonyl (C=O) groups excluding carboxylic acids is 1. The fraction of sp³-hybridized carbons (Fsp3) is 0.381. The van der Waals surface area contributed by atoms with Gasteiger partial charge in [0.05, 0.1) is 17.1 Å². The van der Waals surface area contributed by atoms with Gasteiger partial charge >= 0.3 is 5.97 Å². The molecule has 0 aromatic heterocycles. The fourth-order valence-electron chi connectivity index (χ4n) is 3.22. The number of piperazine rings is 1. The summed E-state index contributed by atoms with van der Waals surface area (Å²) in [4.78, 5) is 27.7. The molecule has 2 aromatic carbocycles. The predicted octanol–water partition coefficient (Wildman–Crippen LogP) is 2.89. The van der Waals surface area contributed by atoms with E-state index in [0.717, 1.165) is 37.6 Å². The third-order valence-electron chi connectivity index (χ3n) is 4.94. The van der Waals surface area contributed by atoms with Gasteiger partial charge in [-0.2, -0.15) is 0 Å². The highest BCUT2D eigenvalue weighted by atomic mass is 16.6. The zero-order valence-corrected chi connectivity index (χ0v) is 17.2. The van der Waals surface area contributed by atoms with Crippen molar-refractivity contribution in [1.82, 2.24) is 4.90 Å². The van der Waals surface area contributed by atoms with E-state index >= 15 is 0 Å². The zero-order valence-electron chi connectivity index (χ0n) is 17.2. The molecule has 0 bridgehead atoms. The topological polar surface area (TPSA) is 97.2 Å². The maximum absolute atomic E-state index is 12.1. The number of esters is 1. The van der Waals surface area contributed by atoms with Crippen LogP contribution in [0.1, 0.15) is 10.4 Å². The summed E-state index contributed by atoms with van der Waals surface area (Å²) < 4.78 is 9.87. The van der Waals surface area contributed by atoms with Crippen molar-refractivity contribution >= 4 is 28.7 Å². The lowest BCUT2D eigenvalue weighted by Crippen LogP contribution is -2.44. The van der Waals surface area contributed by atoms with E-state index in [9.17, 15) is 14.9 Å². The molecule has 1 fully saturated rings. The molecule has 3 rings (SSSR count). The van der Waals surface area contributed by atoms with Gasteiger partial charge < -0.3 is 24.6 Å². The number of rotatable bonds is 8. The van der Waals surface area contributed by atoms with E-state index in [2.05, 4.69) is 22.2 Å². The Bertz CT molecular complexity index is 897. The molecule has 0 radical (unpaired) electrons. The molecule has 1 saturated heterocycles. The van der Waals surface area contributed by atoms with Crippen molar-refractivity contribution in [2.75, 3.05) is 63.8 Å². The summed E-state index contributed by atoms with van der Waals surface area (Å²) in [5.74, 6) is -0.626. The van der Waals surface area contributed by atoms with Crippen molar-refractivity contribution < 1.29 is 19.2 Å². The average molecular weight is 414 g/mol. The van der Waals surface area contributed by atoms with Crippen LogP contribution in [0.25, 0.3) is 0 Å². The summed E-state index contributed by atoms with van der Waals surface area (Å²) in [6.07, 6.45) is 0. The van der Waals surface area contributed by atoms with Crippen LogP contribution in [0.5, 0.6) is 0 Å². The number of nitrogens with one attached hydrogen (secondary N) is 1. The average Bonchev–Trinajstić information content (AvgIpc) is 2.74. The first-order valence-corrected chi connectivity index (χ1v) is 9.73. The van der Waals surface area contributed by atoms with Gasteiger partial charge in [0.2, 0.25) is 0 Å². The lowest BCUT2D eigenvalue weighted by atomic mass is 10.1. The molecule has 0 atom stereocenters. The van der Waals surface area contributed by atoms with Crippen LogP contribution < -0.4 is 10.2 Å². The van der Waals surface area contributed by atoms with Crippen LogP contribution in [0.2, 0.25) is 0 Å². The van der Waals surface area contributed by atoms with Crippen LogP contribution in [0, 0.1) is 10.1 Å². The quantitative estimate of drug-likeness (QED) is 0.305. The Morgan fingerprint density at radius 2 is 1.90 bits per heavy atom. The summed E-state index contributed by atoms with van der Waals surface area (Å²) >= 11 is 0. The minimum absolute atomic E-state index is 0.0855. The third-order valence-corrected chi connectivity index (χ3v) is 4.94. The number of nitrogens with zero attached hydrogens (tertiary/aromatic N) is 3. The molecule has 0 saturated carbocycles. The highest BCUT2D eigenvalue weighted by Gasteiger charge is 2.19. The minimum atomic E-state index is -0.626. The first-order valence-electron chi connectivity index (χ1n) is 9.73. The molecule has 1 heterocycles. The Balaban J connectivity index is 1.76. The minimum Gasteiger partial charge on any atom is -0.460 e. The number of ether oxygens (including phenoxy) is 2. The molecule has 160 valence electrons. The molecule has 0 amide bonds. The number of carbonyl (C=O) groups is 1. The number of likely N-dealkylation sites (N-methyl/N-ethyl adjacent to an activating group) is 1. The van der Waals surface area contributed by atoms with Gasteiger partial charge in [-0.3, -0.25) is 10.1 Å². The van der Waals surface area contributed by atoms with Crippen molar-refractivity contribution in [3.63, 3.8) is 0 Å². The molecule has 9 nitrogen and oxygen atoms in total. The summed E-state index contributed by atoms with van der Waals surface area (Å²) in [5.41, 5.74) is 2.04. The largest absolute Gasteiger partial charge is 0.460 e. The van der Waals surface area contributed by atoms with Crippen molar-refractivity contribution in [2.24, 2.45) is 0 Å². The first-order chi connectivity index (χ1) is 14.5. The van der Waals surface area contributed by atoms with E-state index in [0.29, 0.717) is 5.69 Å². The summed E-state index contributed by atoms with van der Waals surface area (Å²) in [7, 11) is 3.60. The van der Waals surface area contributed by atoms with Crippen molar-refractivity contribution in [3.05, 3.63) is 58.1 Å². The van der Waals surface area contributed by atoms with Gasteiger partial charge in [-0.05, 0) is 37.4 Å². The predicted molar refractivity (Wildman–Crippen MR) is 115 cm³/mol. The number of hydrogen-bond acceptors (Lipinski definition) is 8. The summed E-state index contributed by atoms with van der Waals surface area (Å²) in [5, 5.41) is 14.7. The number of nitro benzene ring substituents is 1. The second-order valence-electron chi connectivity index (χ2n) is 7.08. The molecule has 0 spiro atoms. The number of anilines is 3. The monoisotopic (exact) mass is 414 g/mol. The van der Waals surface area contributed by atoms with E-state index in [1.807, 2.05) is 24.3 Å². The Morgan fingerprint density at radius 1 is 1.13 bits per heavy atom. The van der Waals surface area contributed by atoms with Crippen LogP contribution in [-0.4, -0.2) is 69.3 Å². The van der Waals surface area contributed by atoms with E-state index < -0.39 is 10.9 Å². The lowest BCUT2D eigenvalue weighted by molar-refractivity contribution is -0.383. The Labute approximate surface area is 175 Å². The van der Waals surface area contributed by atoms with Crippen LogP contribution >= 0.6 is 0 Å². The molecule has 1 N–H and O–H groups in total. The smallest absolute Gasteiger partial charge is 0.338 e. The molecule has 1 aliphatic heterocycles. The number of hydrogen-bond donors (Lipinski definition) is 1. The molecule has 30 heavy (non-hydrogen) atoms. The second-order valence-corrected chi connectivity index (χ2v) is 7.08. The number of methoxy groups -OCH3 is 1. The lowest BCUT2D eigenvalue weighted by Gasteiger charge is -2.34. The Morgan fingerprint density at radius 3 is 2.60 bits per heavy atom. The van der Waals surface area contributed by atoms with Crippen LogP contribution in [0.4, 0.5) is 22.7 Å². The highest BCUT2D eigenvalue weighted by molar-refractivity contribution is 5.91. The molecular formula is C21H26N4O5. The zero-order chi connectivity index (χ0) is 21.5. The molecule has 9 heteroatoms. The van der Waals surface area contributed by atoms with Gasteiger partial charge in [-0.15, -0.1) is 0 Å².